The number of carbonyl (C=O) groups is 2. The molecule has 3 aromatic carbocycles. The summed E-state index contributed by atoms with van der Waals surface area (Å²) in [5, 5.41) is 0.546. The molecule has 1 aliphatic rings. The lowest BCUT2D eigenvalue weighted by molar-refractivity contribution is -0.129. The molecule has 8 nitrogen and oxygen atoms in total. The largest absolute Gasteiger partial charge is 0.493 e. The van der Waals surface area contributed by atoms with Crippen LogP contribution in [0.1, 0.15) is 21.5 Å². The van der Waals surface area contributed by atoms with Crippen LogP contribution in [0, 0.1) is 0 Å². The molecule has 0 N–H and O–H groups in total. The molecule has 10 heteroatoms. The molecule has 0 amide bonds. The van der Waals surface area contributed by atoms with E-state index in [0.717, 1.165) is 0 Å². The maximum atomic E-state index is 12.7. The summed E-state index contributed by atoms with van der Waals surface area (Å²) in [6.45, 7) is 0. The standard InChI is InChI=1S/C26H19Cl2NO7/c1-32-21-11-15(12-22(33-2)23(21)34-3)24-29-19(26(31)36-24)10-14-6-4-5-7-20(14)35-25(30)17-9-8-16(27)13-18(17)28/h4-13H,1-3H3/b19-10+. The second-order valence-corrected chi connectivity index (χ2v) is 8.15. The number of esters is 2. The number of rotatable bonds is 7. The Morgan fingerprint density at radius 3 is 2.25 bits per heavy atom. The van der Waals surface area contributed by atoms with E-state index in [4.69, 9.17) is 46.9 Å². The topological polar surface area (TPSA) is 92.7 Å². The van der Waals surface area contributed by atoms with Crippen molar-refractivity contribution in [1.29, 1.82) is 0 Å². The van der Waals surface area contributed by atoms with Crippen LogP contribution in [0.4, 0.5) is 0 Å². The molecule has 36 heavy (non-hydrogen) atoms. The van der Waals surface area contributed by atoms with Gasteiger partial charge in [-0.05, 0) is 42.5 Å². The van der Waals surface area contributed by atoms with Gasteiger partial charge in [-0.15, -0.1) is 0 Å². The molecule has 4 rings (SSSR count). The molecule has 0 bridgehead atoms. The summed E-state index contributed by atoms with van der Waals surface area (Å²) in [6.07, 6.45) is 1.46. The molecule has 0 spiro atoms. The Balaban J connectivity index is 1.66. The number of halogens is 2. The summed E-state index contributed by atoms with van der Waals surface area (Å²) >= 11 is 12.0. The van der Waals surface area contributed by atoms with Crippen LogP contribution in [0.15, 0.2) is 65.3 Å². The van der Waals surface area contributed by atoms with Crippen LogP contribution in [0.3, 0.4) is 0 Å². The molecule has 0 aliphatic carbocycles. The van der Waals surface area contributed by atoms with Gasteiger partial charge in [-0.1, -0.05) is 41.4 Å². The van der Waals surface area contributed by atoms with E-state index in [1.54, 1.807) is 36.4 Å². The number of para-hydroxylation sites is 1. The van der Waals surface area contributed by atoms with Crippen LogP contribution in [0.25, 0.3) is 6.08 Å². The van der Waals surface area contributed by atoms with Crippen molar-refractivity contribution < 1.29 is 33.3 Å². The van der Waals surface area contributed by atoms with Gasteiger partial charge in [0.15, 0.2) is 17.2 Å². The summed E-state index contributed by atoms with van der Waals surface area (Å²) in [6, 6.07) is 14.3. The minimum atomic E-state index is -0.682. The minimum Gasteiger partial charge on any atom is -0.493 e. The van der Waals surface area contributed by atoms with E-state index in [-0.39, 0.29) is 27.9 Å². The van der Waals surface area contributed by atoms with Gasteiger partial charge < -0.3 is 23.7 Å². The van der Waals surface area contributed by atoms with Crippen LogP contribution in [0.5, 0.6) is 23.0 Å². The molecular weight excluding hydrogens is 509 g/mol. The molecule has 1 heterocycles. The summed E-state index contributed by atoms with van der Waals surface area (Å²) in [5.41, 5.74) is 1.02. The number of carbonyl (C=O) groups excluding carboxylic acids is 2. The van der Waals surface area contributed by atoms with Crippen molar-refractivity contribution in [2.45, 2.75) is 0 Å². The average Bonchev–Trinajstić information content (AvgIpc) is 3.24. The molecule has 184 valence electrons. The number of methoxy groups -OCH3 is 3. The molecule has 3 aromatic rings. The van der Waals surface area contributed by atoms with Gasteiger partial charge in [0.25, 0.3) is 0 Å². The first kappa shape index (κ1) is 25.1. The molecule has 0 saturated heterocycles. The zero-order valence-corrected chi connectivity index (χ0v) is 20.8. The number of cyclic esters (lactones) is 1. The highest BCUT2D eigenvalue weighted by atomic mass is 35.5. The van der Waals surface area contributed by atoms with Crippen molar-refractivity contribution in [1.82, 2.24) is 0 Å². The Hall–Kier alpha value is -4.01. The highest BCUT2D eigenvalue weighted by Gasteiger charge is 2.27. The second-order valence-electron chi connectivity index (χ2n) is 7.30. The Morgan fingerprint density at radius 1 is 0.917 bits per heavy atom. The zero-order valence-electron chi connectivity index (χ0n) is 19.3. The Bertz CT molecular complexity index is 1390. The maximum absolute atomic E-state index is 12.7. The van der Waals surface area contributed by atoms with Gasteiger partial charge in [0.05, 0.1) is 31.9 Å². The smallest absolute Gasteiger partial charge is 0.363 e. The Labute approximate surface area is 216 Å². The number of hydrogen-bond donors (Lipinski definition) is 0. The van der Waals surface area contributed by atoms with E-state index in [9.17, 15) is 9.59 Å². The summed E-state index contributed by atoms with van der Waals surface area (Å²) < 4.78 is 26.9. The number of ether oxygens (including phenoxy) is 5. The third-order valence-electron chi connectivity index (χ3n) is 5.10. The van der Waals surface area contributed by atoms with E-state index in [0.29, 0.717) is 33.4 Å². The van der Waals surface area contributed by atoms with E-state index in [1.807, 2.05) is 0 Å². The quantitative estimate of drug-likeness (QED) is 0.225. The van der Waals surface area contributed by atoms with Crippen LogP contribution in [0.2, 0.25) is 10.0 Å². The molecular formula is C26H19Cl2NO7. The van der Waals surface area contributed by atoms with Crippen LogP contribution >= 0.6 is 23.2 Å². The Kier molecular flexibility index (Phi) is 7.47. The van der Waals surface area contributed by atoms with Gasteiger partial charge in [-0.3, -0.25) is 0 Å². The molecule has 0 radical (unpaired) electrons. The summed E-state index contributed by atoms with van der Waals surface area (Å²) in [4.78, 5) is 29.6. The van der Waals surface area contributed by atoms with E-state index < -0.39 is 11.9 Å². The second kappa shape index (κ2) is 10.7. The van der Waals surface area contributed by atoms with Crippen molar-refractivity contribution >= 4 is 47.1 Å². The predicted octanol–water partition coefficient (Wildman–Crippen LogP) is 5.58. The third kappa shape index (κ3) is 5.15. The number of nitrogens with zero attached hydrogens (tertiary/aromatic N) is 1. The third-order valence-corrected chi connectivity index (χ3v) is 5.64. The fourth-order valence-electron chi connectivity index (χ4n) is 3.39. The Morgan fingerprint density at radius 2 is 1.61 bits per heavy atom. The van der Waals surface area contributed by atoms with Gasteiger partial charge in [0.2, 0.25) is 11.6 Å². The predicted molar refractivity (Wildman–Crippen MR) is 135 cm³/mol. The van der Waals surface area contributed by atoms with E-state index in [1.165, 1.54) is 45.6 Å². The monoisotopic (exact) mass is 527 g/mol. The van der Waals surface area contributed by atoms with Crippen molar-refractivity contribution in [2.24, 2.45) is 4.99 Å². The number of aliphatic imine (C=N–C) groups is 1. The van der Waals surface area contributed by atoms with Crippen molar-refractivity contribution in [3.63, 3.8) is 0 Å². The van der Waals surface area contributed by atoms with Gasteiger partial charge in [0, 0.05) is 16.1 Å². The first-order chi connectivity index (χ1) is 17.3. The highest BCUT2D eigenvalue weighted by molar-refractivity contribution is 6.36. The maximum Gasteiger partial charge on any atom is 0.363 e. The lowest BCUT2D eigenvalue weighted by Crippen LogP contribution is -2.10. The van der Waals surface area contributed by atoms with Gasteiger partial charge in [-0.2, -0.15) is 0 Å². The van der Waals surface area contributed by atoms with E-state index >= 15 is 0 Å². The highest BCUT2D eigenvalue weighted by Crippen LogP contribution is 2.39. The molecule has 0 saturated carbocycles. The SMILES string of the molecule is COc1cc(C2=N/C(=C/c3ccccc3OC(=O)c3ccc(Cl)cc3Cl)C(=O)O2)cc(OC)c1OC. The first-order valence-electron chi connectivity index (χ1n) is 10.4. The van der Waals surface area contributed by atoms with Crippen LogP contribution in [-0.4, -0.2) is 39.2 Å². The summed E-state index contributed by atoms with van der Waals surface area (Å²) in [7, 11) is 4.44. The lowest BCUT2D eigenvalue weighted by atomic mass is 10.1. The average molecular weight is 528 g/mol. The number of benzene rings is 3. The number of hydrogen-bond acceptors (Lipinski definition) is 8. The fourth-order valence-corrected chi connectivity index (χ4v) is 3.87. The first-order valence-corrected chi connectivity index (χ1v) is 11.2. The molecule has 0 unspecified atom stereocenters. The minimum absolute atomic E-state index is 0.00627. The van der Waals surface area contributed by atoms with Gasteiger partial charge in [-0.25, -0.2) is 14.6 Å². The van der Waals surface area contributed by atoms with Crippen molar-refractivity contribution in [3.8, 4) is 23.0 Å². The van der Waals surface area contributed by atoms with Crippen LogP contribution < -0.4 is 18.9 Å². The summed E-state index contributed by atoms with van der Waals surface area (Å²) in [5.74, 6) is 0.0280. The molecule has 0 aromatic heterocycles. The molecule has 1 aliphatic heterocycles. The van der Waals surface area contributed by atoms with Crippen molar-refractivity contribution in [3.05, 3.63) is 87.0 Å². The molecule has 0 fully saturated rings. The van der Waals surface area contributed by atoms with E-state index in [2.05, 4.69) is 4.99 Å². The zero-order chi connectivity index (χ0) is 25.8. The fraction of sp³-hybridized carbons (Fsp3) is 0.115. The normalized spacial score (nSPS) is 13.8. The van der Waals surface area contributed by atoms with Crippen LogP contribution in [-0.2, 0) is 9.53 Å². The van der Waals surface area contributed by atoms with Gasteiger partial charge in [0.1, 0.15) is 5.75 Å². The lowest BCUT2D eigenvalue weighted by Gasteiger charge is -2.13. The van der Waals surface area contributed by atoms with Crippen molar-refractivity contribution in [2.75, 3.05) is 21.3 Å². The molecule has 0 atom stereocenters. The van der Waals surface area contributed by atoms with Gasteiger partial charge >= 0.3 is 11.9 Å².